The summed E-state index contributed by atoms with van der Waals surface area (Å²) >= 11 is 0. The number of fused-ring (bicyclic) bond motifs is 1. The van der Waals surface area contributed by atoms with E-state index < -0.39 is 0 Å². The molecule has 1 aliphatic heterocycles. The van der Waals surface area contributed by atoms with Crippen molar-refractivity contribution in [1.82, 2.24) is 25.3 Å². The van der Waals surface area contributed by atoms with Gasteiger partial charge in [0.05, 0.1) is 11.7 Å². The molecule has 4 rings (SSSR count). The molecule has 2 aromatic rings. The molecule has 2 aromatic heterocycles. The zero-order valence-electron chi connectivity index (χ0n) is 16.6. The van der Waals surface area contributed by atoms with Gasteiger partial charge >= 0.3 is 0 Å². The Balaban J connectivity index is 1.39. The summed E-state index contributed by atoms with van der Waals surface area (Å²) in [6.45, 7) is 7.87. The predicted octanol–water partition coefficient (Wildman–Crippen LogP) is 2.34. The molecule has 2 aliphatic rings. The summed E-state index contributed by atoms with van der Waals surface area (Å²) in [6, 6.07) is 4.22. The molecule has 27 heavy (non-hydrogen) atoms. The average Bonchev–Trinajstić information content (AvgIpc) is 3.10. The van der Waals surface area contributed by atoms with E-state index in [2.05, 4.69) is 52.1 Å². The number of likely N-dealkylation sites (N-methyl/N-ethyl adjacent to an activating group) is 1. The van der Waals surface area contributed by atoms with Gasteiger partial charge < -0.3 is 9.80 Å². The lowest BCUT2D eigenvalue weighted by molar-refractivity contribution is 0.0699. The molecule has 7 heteroatoms. The molecule has 0 atom stereocenters. The molecule has 3 heterocycles. The van der Waals surface area contributed by atoms with Crippen LogP contribution in [0.2, 0.25) is 0 Å². The molecule has 0 saturated carbocycles. The van der Waals surface area contributed by atoms with Gasteiger partial charge in [-0.05, 0) is 43.4 Å². The van der Waals surface area contributed by atoms with Crippen molar-refractivity contribution in [2.45, 2.75) is 57.9 Å². The normalized spacial score (nSPS) is 17.4. The second-order valence-corrected chi connectivity index (χ2v) is 8.77. The molecule has 0 bridgehead atoms. The number of nitrogens with one attached hydrogen (secondary N) is 1. The van der Waals surface area contributed by atoms with Crippen molar-refractivity contribution >= 4 is 11.7 Å². The van der Waals surface area contributed by atoms with Gasteiger partial charge in [0.25, 0.3) is 5.91 Å². The van der Waals surface area contributed by atoms with Gasteiger partial charge in [-0.1, -0.05) is 20.8 Å². The van der Waals surface area contributed by atoms with Crippen molar-refractivity contribution in [3.63, 3.8) is 0 Å². The number of aromatic amines is 1. The van der Waals surface area contributed by atoms with E-state index in [-0.39, 0.29) is 17.4 Å². The molecular weight excluding hydrogens is 340 g/mol. The molecule has 0 spiro atoms. The van der Waals surface area contributed by atoms with Crippen LogP contribution in [0.3, 0.4) is 0 Å². The third-order valence-electron chi connectivity index (χ3n) is 5.72. The van der Waals surface area contributed by atoms with Crippen molar-refractivity contribution in [3.8, 4) is 0 Å². The number of amides is 1. The summed E-state index contributed by atoms with van der Waals surface area (Å²) in [4.78, 5) is 16.7. The molecule has 1 amide bonds. The Morgan fingerprint density at radius 3 is 2.63 bits per heavy atom. The summed E-state index contributed by atoms with van der Waals surface area (Å²) in [5.74, 6) is 0.894. The molecule has 0 unspecified atom stereocenters. The van der Waals surface area contributed by atoms with Crippen LogP contribution in [0.1, 0.15) is 61.1 Å². The summed E-state index contributed by atoms with van der Waals surface area (Å²) in [5.41, 5.74) is 3.89. The maximum atomic E-state index is 12.8. The number of hydrogen-bond donors (Lipinski definition) is 1. The molecule has 1 saturated heterocycles. The van der Waals surface area contributed by atoms with Crippen LogP contribution < -0.4 is 4.90 Å². The molecule has 7 nitrogen and oxygen atoms in total. The quantitative estimate of drug-likeness (QED) is 0.900. The van der Waals surface area contributed by atoms with Crippen LogP contribution in [-0.2, 0) is 18.3 Å². The number of rotatable bonds is 3. The first kappa shape index (κ1) is 17.9. The summed E-state index contributed by atoms with van der Waals surface area (Å²) < 4.78 is 0. The first-order valence-electron chi connectivity index (χ1n) is 9.76. The van der Waals surface area contributed by atoms with Gasteiger partial charge in [-0.2, -0.15) is 10.2 Å². The van der Waals surface area contributed by atoms with Gasteiger partial charge in [0.15, 0.2) is 5.82 Å². The highest BCUT2D eigenvalue weighted by Crippen LogP contribution is 2.27. The zero-order valence-corrected chi connectivity index (χ0v) is 16.6. The van der Waals surface area contributed by atoms with E-state index in [4.69, 9.17) is 0 Å². The fourth-order valence-corrected chi connectivity index (χ4v) is 3.68. The van der Waals surface area contributed by atoms with Crippen molar-refractivity contribution in [2.75, 3.05) is 25.0 Å². The van der Waals surface area contributed by atoms with Crippen molar-refractivity contribution in [1.29, 1.82) is 0 Å². The Morgan fingerprint density at radius 2 is 1.93 bits per heavy atom. The van der Waals surface area contributed by atoms with E-state index in [0.717, 1.165) is 43.1 Å². The summed E-state index contributed by atoms with van der Waals surface area (Å²) in [7, 11) is 1.86. The smallest absolute Gasteiger partial charge is 0.274 e. The number of H-pyrrole nitrogens is 1. The van der Waals surface area contributed by atoms with Gasteiger partial charge in [0.2, 0.25) is 0 Å². The largest absolute Gasteiger partial charge is 0.351 e. The number of anilines is 1. The summed E-state index contributed by atoms with van der Waals surface area (Å²) in [6.07, 6.45) is 4.59. The van der Waals surface area contributed by atoms with Crippen molar-refractivity contribution in [3.05, 3.63) is 34.8 Å². The SMILES string of the molecule is CN(C(=O)c1cc(C(C)(C)C)[nH]n1)C1CN(c2cc3c(nn2)CCCC3)C1. The van der Waals surface area contributed by atoms with Crippen LogP contribution in [0.5, 0.6) is 0 Å². The van der Waals surface area contributed by atoms with Crippen molar-refractivity contribution in [2.24, 2.45) is 0 Å². The van der Waals surface area contributed by atoms with Crippen LogP contribution in [0, 0.1) is 0 Å². The molecule has 0 aromatic carbocycles. The third-order valence-corrected chi connectivity index (χ3v) is 5.72. The van der Waals surface area contributed by atoms with Crippen LogP contribution in [0.25, 0.3) is 0 Å². The molecule has 1 fully saturated rings. The van der Waals surface area contributed by atoms with Crippen LogP contribution in [0.15, 0.2) is 12.1 Å². The minimum absolute atomic E-state index is 0.0390. The van der Waals surface area contributed by atoms with E-state index in [0.29, 0.717) is 5.69 Å². The second-order valence-electron chi connectivity index (χ2n) is 8.77. The lowest BCUT2D eigenvalue weighted by atomic mass is 9.92. The van der Waals surface area contributed by atoms with Gasteiger partial charge in [-0.15, -0.1) is 5.10 Å². The number of hydrogen-bond acceptors (Lipinski definition) is 5. The summed E-state index contributed by atoms with van der Waals surface area (Å²) in [5, 5.41) is 16.0. The number of nitrogens with zero attached hydrogens (tertiary/aromatic N) is 5. The molecule has 1 N–H and O–H groups in total. The number of carbonyl (C=O) groups excluding carboxylic acids is 1. The Morgan fingerprint density at radius 1 is 1.19 bits per heavy atom. The average molecular weight is 368 g/mol. The third kappa shape index (κ3) is 3.42. The Hall–Kier alpha value is -2.44. The van der Waals surface area contributed by atoms with Crippen LogP contribution in [0.4, 0.5) is 5.82 Å². The minimum Gasteiger partial charge on any atom is -0.351 e. The Labute approximate surface area is 160 Å². The molecule has 144 valence electrons. The van der Waals surface area contributed by atoms with E-state index in [1.165, 1.54) is 18.4 Å². The van der Waals surface area contributed by atoms with Crippen LogP contribution >= 0.6 is 0 Å². The van der Waals surface area contributed by atoms with E-state index >= 15 is 0 Å². The number of aromatic nitrogens is 4. The minimum atomic E-state index is -0.0531. The first-order chi connectivity index (χ1) is 12.8. The predicted molar refractivity (Wildman–Crippen MR) is 104 cm³/mol. The number of carbonyl (C=O) groups is 1. The lowest BCUT2D eigenvalue weighted by Gasteiger charge is -2.44. The highest BCUT2D eigenvalue weighted by molar-refractivity contribution is 5.92. The van der Waals surface area contributed by atoms with Gasteiger partial charge in [0.1, 0.15) is 5.69 Å². The van der Waals surface area contributed by atoms with Gasteiger partial charge in [-0.3, -0.25) is 9.89 Å². The maximum Gasteiger partial charge on any atom is 0.274 e. The molecular formula is C20H28N6O. The van der Waals surface area contributed by atoms with Gasteiger partial charge in [-0.25, -0.2) is 0 Å². The van der Waals surface area contributed by atoms with E-state index in [1.807, 2.05) is 13.1 Å². The monoisotopic (exact) mass is 368 g/mol. The van der Waals surface area contributed by atoms with Crippen LogP contribution in [-0.4, -0.2) is 57.4 Å². The van der Waals surface area contributed by atoms with Crippen molar-refractivity contribution < 1.29 is 4.79 Å². The first-order valence-corrected chi connectivity index (χ1v) is 9.76. The van der Waals surface area contributed by atoms with E-state index in [9.17, 15) is 4.79 Å². The van der Waals surface area contributed by atoms with Gasteiger partial charge in [0, 0.05) is 31.2 Å². The molecule has 0 radical (unpaired) electrons. The Bertz CT molecular complexity index is 846. The molecule has 1 aliphatic carbocycles. The topological polar surface area (TPSA) is 78.0 Å². The maximum absolute atomic E-state index is 12.8. The zero-order chi connectivity index (χ0) is 19.2. The highest BCUT2D eigenvalue weighted by atomic mass is 16.2. The Kier molecular flexibility index (Phi) is 4.40. The fraction of sp³-hybridized carbons (Fsp3) is 0.600. The highest BCUT2D eigenvalue weighted by Gasteiger charge is 2.35. The fourth-order valence-electron chi connectivity index (χ4n) is 3.68. The second kappa shape index (κ2) is 6.62. The van der Waals surface area contributed by atoms with E-state index in [1.54, 1.807) is 4.90 Å². The standard InChI is InChI=1S/C20H28N6O/c1-20(2,3)17-10-16(22-23-17)19(27)25(4)14-11-26(12-14)18-9-13-7-5-6-8-15(13)21-24-18/h9-10,14H,5-8,11-12H2,1-4H3,(H,22,23). The lowest BCUT2D eigenvalue weighted by Crippen LogP contribution is -2.60. The number of aryl methyl sites for hydroxylation is 2.